The molecule has 0 aliphatic heterocycles. The minimum absolute atomic E-state index is 0.141. The van der Waals surface area contributed by atoms with Gasteiger partial charge in [-0.1, -0.05) is 49.4 Å². The molecule has 1 nitrogen and oxygen atoms in total. The van der Waals surface area contributed by atoms with Crippen molar-refractivity contribution in [2.24, 2.45) is 0 Å². The summed E-state index contributed by atoms with van der Waals surface area (Å²) in [4.78, 5) is 0. The fourth-order valence-electron chi connectivity index (χ4n) is 4.00. The van der Waals surface area contributed by atoms with Gasteiger partial charge < -0.3 is 4.74 Å². The molecule has 2 heteroatoms. The average Bonchev–Trinajstić information content (AvgIpc) is 2.71. The molecule has 1 aliphatic rings. The monoisotopic (exact) mass is 366 g/mol. The van der Waals surface area contributed by atoms with Gasteiger partial charge in [0.05, 0.1) is 6.10 Å². The molecule has 1 aliphatic carbocycles. The molecule has 0 radical (unpaired) electrons. The molecule has 1 saturated carbocycles. The van der Waals surface area contributed by atoms with Gasteiger partial charge >= 0.3 is 0 Å². The molecule has 0 bridgehead atoms. The summed E-state index contributed by atoms with van der Waals surface area (Å²) in [5, 5.41) is 0. The van der Waals surface area contributed by atoms with Gasteiger partial charge in [0.2, 0.25) is 0 Å². The topological polar surface area (TPSA) is 9.23 Å². The number of hydrogen-bond acceptors (Lipinski definition) is 1. The van der Waals surface area contributed by atoms with Crippen LogP contribution in [0, 0.1) is 5.82 Å². The van der Waals surface area contributed by atoms with E-state index in [9.17, 15) is 4.39 Å². The highest BCUT2D eigenvalue weighted by Gasteiger charge is 2.22. The van der Waals surface area contributed by atoms with Crippen molar-refractivity contribution < 1.29 is 9.13 Å². The van der Waals surface area contributed by atoms with Crippen molar-refractivity contribution in [1.82, 2.24) is 0 Å². The molecule has 0 atom stereocenters. The van der Waals surface area contributed by atoms with Crippen molar-refractivity contribution in [3.8, 4) is 11.1 Å². The standard InChI is InChI=1S/C25H31FO/c1-3-5-6-19-7-16-24(25(26)18-19)22-10-8-20(9-11-22)21-12-14-23(15-13-21)27-17-4-2/h3,7-11,16,18,21,23H,1,4-6,12-15,17H2,2H3. The molecule has 144 valence electrons. The highest BCUT2D eigenvalue weighted by molar-refractivity contribution is 5.65. The summed E-state index contributed by atoms with van der Waals surface area (Å²) >= 11 is 0. The first-order chi connectivity index (χ1) is 13.2. The predicted molar refractivity (Wildman–Crippen MR) is 112 cm³/mol. The van der Waals surface area contributed by atoms with Gasteiger partial charge in [-0.25, -0.2) is 4.39 Å². The Morgan fingerprint density at radius 1 is 1.07 bits per heavy atom. The maximum absolute atomic E-state index is 14.5. The zero-order chi connectivity index (χ0) is 19.1. The smallest absolute Gasteiger partial charge is 0.131 e. The fourth-order valence-corrected chi connectivity index (χ4v) is 4.00. The molecule has 0 heterocycles. The fraction of sp³-hybridized carbons (Fsp3) is 0.440. The SMILES string of the molecule is C=CCCc1ccc(-c2ccc(C3CCC(OCCC)CC3)cc2)c(F)c1. The minimum atomic E-state index is -0.141. The van der Waals surface area contributed by atoms with Gasteiger partial charge in [0, 0.05) is 12.2 Å². The minimum Gasteiger partial charge on any atom is -0.378 e. The van der Waals surface area contributed by atoms with Crippen molar-refractivity contribution in [2.75, 3.05) is 6.61 Å². The Morgan fingerprint density at radius 2 is 1.81 bits per heavy atom. The van der Waals surface area contributed by atoms with Crippen molar-refractivity contribution in [1.29, 1.82) is 0 Å². The summed E-state index contributed by atoms with van der Waals surface area (Å²) in [5.74, 6) is 0.463. The lowest BCUT2D eigenvalue weighted by molar-refractivity contribution is 0.0251. The van der Waals surface area contributed by atoms with E-state index in [-0.39, 0.29) is 5.82 Å². The molecule has 3 rings (SSSR count). The number of allylic oxidation sites excluding steroid dienone is 1. The van der Waals surface area contributed by atoms with Crippen molar-refractivity contribution in [3.63, 3.8) is 0 Å². The summed E-state index contributed by atoms with van der Waals surface area (Å²) in [5.41, 5.74) is 4.03. The summed E-state index contributed by atoms with van der Waals surface area (Å²) in [7, 11) is 0. The molecule has 0 saturated heterocycles. The molecule has 0 amide bonds. The van der Waals surface area contributed by atoms with E-state index in [1.807, 2.05) is 18.2 Å². The van der Waals surface area contributed by atoms with Crippen LogP contribution in [-0.2, 0) is 11.2 Å². The number of hydrogen-bond donors (Lipinski definition) is 0. The molecule has 0 spiro atoms. The van der Waals surface area contributed by atoms with Gasteiger partial charge in [-0.2, -0.15) is 0 Å². The highest BCUT2D eigenvalue weighted by Crippen LogP contribution is 2.35. The molecule has 0 aromatic heterocycles. The third kappa shape index (κ3) is 5.29. The lowest BCUT2D eigenvalue weighted by atomic mass is 9.82. The Morgan fingerprint density at radius 3 is 2.44 bits per heavy atom. The second kappa shape index (κ2) is 9.85. The van der Waals surface area contributed by atoms with Crippen LogP contribution in [0.25, 0.3) is 11.1 Å². The van der Waals surface area contributed by atoms with Crippen LogP contribution in [0.4, 0.5) is 4.39 Å². The maximum atomic E-state index is 14.5. The average molecular weight is 367 g/mol. The van der Waals surface area contributed by atoms with Crippen molar-refractivity contribution >= 4 is 0 Å². The Bertz CT molecular complexity index is 726. The van der Waals surface area contributed by atoms with Crippen LogP contribution in [-0.4, -0.2) is 12.7 Å². The lowest BCUT2D eigenvalue weighted by Crippen LogP contribution is -2.21. The van der Waals surface area contributed by atoms with Crippen molar-refractivity contribution in [3.05, 3.63) is 72.1 Å². The first-order valence-electron chi connectivity index (χ1n) is 10.3. The van der Waals surface area contributed by atoms with Gasteiger partial charge in [-0.05, 0) is 73.6 Å². The van der Waals surface area contributed by atoms with Crippen LogP contribution in [0.1, 0.15) is 62.5 Å². The van der Waals surface area contributed by atoms with E-state index in [2.05, 4.69) is 37.8 Å². The first-order valence-corrected chi connectivity index (χ1v) is 10.3. The van der Waals surface area contributed by atoms with Gasteiger partial charge in [0.15, 0.2) is 0 Å². The van der Waals surface area contributed by atoms with Crippen LogP contribution in [0.15, 0.2) is 55.1 Å². The van der Waals surface area contributed by atoms with Crippen LogP contribution in [0.5, 0.6) is 0 Å². The molecule has 0 unspecified atom stereocenters. The quantitative estimate of drug-likeness (QED) is 0.454. The predicted octanol–water partition coefficient (Wildman–Crippen LogP) is 7.06. The third-order valence-electron chi connectivity index (χ3n) is 5.60. The van der Waals surface area contributed by atoms with Crippen LogP contribution < -0.4 is 0 Å². The highest BCUT2D eigenvalue weighted by atomic mass is 19.1. The molecular weight excluding hydrogens is 335 g/mol. The van der Waals surface area contributed by atoms with E-state index in [0.717, 1.165) is 49.8 Å². The van der Waals surface area contributed by atoms with E-state index in [1.165, 1.54) is 18.4 Å². The molecular formula is C25H31FO. The van der Waals surface area contributed by atoms with Crippen LogP contribution in [0.3, 0.4) is 0 Å². The molecule has 2 aromatic rings. The Balaban J connectivity index is 1.63. The Labute approximate surface area is 163 Å². The Kier molecular flexibility index (Phi) is 7.23. The molecule has 1 fully saturated rings. The van der Waals surface area contributed by atoms with Gasteiger partial charge in [-0.15, -0.1) is 6.58 Å². The van der Waals surface area contributed by atoms with Gasteiger partial charge in [0.1, 0.15) is 5.82 Å². The second-order valence-electron chi connectivity index (χ2n) is 7.61. The van der Waals surface area contributed by atoms with Crippen LogP contribution >= 0.6 is 0 Å². The van der Waals surface area contributed by atoms with E-state index in [0.29, 0.717) is 17.6 Å². The third-order valence-corrected chi connectivity index (χ3v) is 5.60. The summed E-state index contributed by atoms with van der Waals surface area (Å²) < 4.78 is 20.4. The summed E-state index contributed by atoms with van der Waals surface area (Å²) in [6.07, 6.45) is 9.76. The molecule has 2 aromatic carbocycles. The lowest BCUT2D eigenvalue weighted by Gasteiger charge is -2.29. The van der Waals surface area contributed by atoms with Crippen LogP contribution in [0.2, 0.25) is 0 Å². The number of rotatable bonds is 8. The second-order valence-corrected chi connectivity index (χ2v) is 7.61. The first kappa shape index (κ1) is 19.8. The van der Waals surface area contributed by atoms with Gasteiger partial charge in [-0.3, -0.25) is 0 Å². The summed E-state index contributed by atoms with van der Waals surface area (Å²) in [6.45, 7) is 6.76. The van der Waals surface area contributed by atoms with Crippen molar-refractivity contribution in [2.45, 2.75) is 63.9 Å². The molecule has 27 heavy (non-hydrogen) atoms. The zero-order valence-corrected chi connectivity index (χ0v) is 16.4. The largest absolute Gasteiger partial charge is 0.378 e. The van der Waals surface area contributed by atoms with E-state index in [1.54, 1.807) is 6.07 Å². The number of ether oxygens (including phenoxy) is 1. The summed E-state index contributed by atoms with van der Waals surface area (Å²) in [6, 6.07) is 14.1. The van der Waals surface area contributed by atoms with E-state index in [4.69, 9.17) is 4.74 Å². The zero-order valence-electron chi connectivity index (χ0n) is 16.4. The number of benzene rings is 2. The Hall–Kier alpha value is -1.93. The number of halogens is 1. The normalized spacial score (nSPS) is 19.8. The maximum Gasteiger partial charge on any atom is 0.131 e. The van der Waals surface area contributed by atoms with E-state index < -0.39 is 0 Å². The molecule has 0 N–H and O–H groups in total. The van der Waals surface area contributed by atoms with E-state index >= 15 is 0 Å². The van der Waals surface area contributed by atoms with Gasteiger partial charge in [0.25, 0.3) is 0 Å². The number of aryl methyl sites for hydroxylation is 1.